The van der Waals surface area contributed by atoms with E-state index in [4.69, 9.17) is 0 Å². The quantitative estimate of drug-likeness (QED) is 0.782. The zero-order valence-corrected chi connectivity index (χ0v) is 15.1. The van der Waals surface area contributed by atoms with Gasteiger partial charge in [-0.3, -0.25) is 4.72 Å². The average molecular weight is 362 g/mol. The Labute approximate surface area is 137 Å². The van der Waals surface area contributed by atoms with Crippen LogP contribution in [0.2, 0.25) is 0 Å². The molecule has 0 aliphatic carbocycles. The van der Waals surface area contributed by atoms with E-state index in [1.807, 2.05) is 11.8 Å². The molecule has 8 nitrogen and oxygen atoms in total. The number of anilines is 2. The van der Waals surface area contributed by atoms with E-state index in [0.717, 1.165) is 4.31 Å². The molecule has 0 bridgehead atoms. The molecule has 0 amide bonds. The minimum Gasteiger partial charge on any atom is -0.353 e. The lowest BCUT2D eigenvalue weighted by atomic mass is 10.2. The normalized spacial score (nSPS) is 20.6. The van der Waals surface area contributed by atoms with Gasteiger partial charge in [0, 0.05) is 26.7 Å². The summed E-state index contributed by atoms with van der Waals surface area (Å²) in [7, 11) is -3.67. The number of aromatic nitrogens is 1. The molecule has 0 radical (unpaired) electrons. The third-order valence-electron chi connectivity index (χ3n) is 3.76. The van der Waals surface area contributed by atoms with Crippen molar-refractivity contribution in [2.75, 3.05) is 41.8 Å². The second-order valence-electron chi connectivity index (χ2n) is 5.64. The van der Waals surface area contributed by atoms with Crippen molar-refractivity contribution in [3.05, 3.63) is 18.3 Å². The zero-order chi connectivity index (χ0) is 17.3. The van der Waals surface area contributed by atoms with Gasteiger partial charge >= 0.3 is 10.2 Å². The summed E-state index contributed by atoms with van der Waals surface area (Å²) in [5, 5.41) is 0. The van der Waals surface area contributed by atoms with Gasteiger partial charge in [-0.15, -0.1) is 0 Å². The van der Waals surface area contributed by atoms with Crippen molar-refractivity contribution >= 4 is 31.6 Å². The fourth-order valence-electron chi connectivity index (χ4n) is 2.48. The Balaban J connectivity index is 2.15. The van der Waals surface area contributed by atoms with Gasteiger partial charge in [-0.25, -0.2) is 13.4 Å². The van der Waals surface area contributed by atoms with Gasteiger partial charge in [0.15, 0.2) is 9.84 Å². The summed E-state index contributed by atoms with van der Waals surface area (Å²) in [6.45, 7) is 2.57. The predicted octanol–water partition coefficient (Wildman–Crippen LogP) is 0.313. The lowest BCUT2D eigenvalue weighted by molar-refractivity contribution is 0.526. The highest BCUT2D eigenvalue weighted by Crippen LogP contribution is 2.23. The standard InChI is InChI=1S/C13H22N4O4S2/c1-4-17(12-7-8-22(18,19)10-12)13-6-5-11(9-14-13)15-23(20,21)16(2)3/h5-6,9,12,15H,4,7-8,10H2,1-3H3. The van der Waals surface area contributed by atoms with Crippen LogP contribution < -0.4 is 9.62 Å². The van der Waals surface area contributed by atoms with E-state index < -0.39 is 20.0 Å². The Morgan fingerprint density at radius 2 is 2.04 bits per heavy atom. The van der Waals surface area contributed by atoms with E-state index in [1.165, 1.54) is 20.3 Å². The monoisotopic (exact) mass is 362 g/mol. The highest BCUT2D eigenvalue weighted by molar-refractivity contribution is 7.91. The summed E-state index contributed by atoms with van der Waals surface area (Å²) in [5.41, 5.74) is 0.359. The summed E-state index contributed by atoms with van der Waals surface area (Å²) >= 11 is 0. The van der Waals surface area contributed by atoms with E-state index >= 15 is 0 Å². The number of hydrogen-bond acceptors (Lipinski definition) is 6. The van der Waals surface area contributed by atoms with Gasteiger partial charge in [-0.1, -0.05) is 0 Å². The molecule has 2 rings (SSSR count). The van der Waals surface area contributed by atoms with Crippen LogP contribution >= 0.6 is 0 Å². The van der Waals surface area contributed by atoms with Crippen molar-refractivity contribution in [1.82, 2.24) is 9.29 Å². The van der Waals surface area contributed by atoms with Gasteiger partial charge in [-0.05, 0) is 25.5 Å². The van der Waals surface area contributed by atoms with Crippen molar-refractivity contribution in [3.8, 4) is 0 Å². The molecule has 1 aromatic heterocycles. The summed E-state index contributed by atoms with van der Waals surface area (Å²) in [6, 6.07) is 3.24. The van der Waals surface area contributed by atoms with Crippen LogP contribution in [0.4, 0.5) is 11.5 Å². The van der Waals surface area contributed by atoms with Crippen molar-refractivity contribution in [1.29, 1.82) is 0 Å². The maximum Gasteiger partial charge on any atom is 0.301 e. The van der Waals surface area contributed by atoms with E-state index in [1.54, 1.807) is 12.1 Å². The molecule has 0 aromatic carbocycles. The molecule has 1 aliphatic heterocycles. The molecular weight excluding hydrogens is 340 g/mol. The zero-order valence-electron chi connectivity index (χ0n) is 13.4. The lowest BCUT2D eigenvalue weighted by Gasteiger charge is -2.28. The smallest absolute Gasteiger partial charge is 0.301 e. The summed E-state index contributed by atoms with van der Waals surface area (Å²) in [6.07, 6.45) is 2.02. The molecule has 0 spiro atoms. The molecule has 0 saturated carbocycles. The van der Waals surface area contributed by atoms with Gasteiger partial charge in [0.25, 0.3) is 0 Å². The first-order valence-electron chi connectivity index (χ1n) is 7.28. The lowest BCUT2D eigenvalue weighted by Crippen LogP contribution is -2.36. The molecule has 1 atom stereocenters. The van der Waals surface area contributed by atoms with E-state index in [-0.39, 0.29) is 17.5 Å². The topological polar surface area (TPSA) is 99.7 Å². The summed E-state index contributed by atoms with van der Waals surface area (Å²) in [5.74, 6) is 0.981. The van der Waals surface area contributed by atoms with Gasteiger partial charge in [0.2, 0.25) is 0 Å². The molecule has 1 unspecified atom stereocenters. The minimum atomic E-state index is -3.57. The van der Waals surface area contributed by atoms with Crippen LogP contribution in [0, 0.1) is 0 Å². The second kappa shape index (κ2) is 6.62. The van der Waals surface area contributed by atoms with Gasteiger partial charge in [0.05, 0.1) is 23.4 Å². The Bertz CT molecular complexity index is 745. The molecule has 1 N–H and O–H groups in total. The Kier molecular flexibility index (Phi) is 5.17. The average Bonchev–Trinajstić information content (AvgIpc) is 2.81. The minimum absolute atomic E-state index is 0.0817. The Morgan fingerprint density at radius 1 is 1.35 bits per heavy atom. The molecule has 2 heterocycles. The third-order valence-corrected chi connectivity index (χ3v) is 6.96. The second-order valence-corrected chi connectivity index (χ2v) is 9.75. The van der Waals surface area contributed by atoms with Crippen LogP contribution in [-0.2, 0) is 20.0 Å². The SMILES string of the molecule is CCN(c1ccc(NS(=O)(=O)N(C)C)cn1)C1CCS(=O)(=O)C1. The molecule has 23 heavy (non-hydrogen) atoms. The number of hydrogen-bond donors (Lipinski definition) is 1. The first-order chi connectivity index (χ1) is 10.6. The molecule has 10 heteroatoms. The van der Waals surface area contributed by atoms with Gasteiger partial charge < -0.3 is 4.90 Å². The van der Waals surface area contributed by atoms with Crippen LogP contribution in [0.25, 0.3) is 0 Å². The number of sulfone groups is 1. The largest absolute Gasteiger partial charge is 0.353 e. The first kappa shape index (κ1) is 18.0. The van der Waals surface area contributed by atoms with Crippen LogP contribution in [0.15, 0.2) is 18.3 Å². The van der Waals surface area contributed by atoms with Crippen molar-refractivity contribution in [2.24, 2.45) is 0 Å². The molecule has 130 valence electrons. The fourth-order valence-corrected chi connectivity index (χ4v) is 4.82. The summed E-state index contributed by atoms with van der Waals surface area (Å²) in [4.78, 5) is 6.21. The number of pyridine rings is 1. The van der Waals surface area contributed by atoms with E-state index in [2.05, 4.69) is 9.71 Å². The molecule has 1 saturated heterocycles. The van der Waals surface area contributed by atoms with Crippen LogP contribution in [0.1, 0.15) is 13.3 Å². The maximum atomic E-state index is 11.8. The highest BCUT2D eigenvalue weighted by Gasteiger charge is 2.32. The van der Waals surface area contributed by atoms with Crippen molar-refractivity contribution < 1.29 is 16.8 Å². The van der Waals surface area contributed by atoms with Gasteiger partial charge in [0.1, 0.15) is 5.82 Å². The molecule has 1 aromatic rings. The van der Waals surface area contributed by atoms with Crippen molar-refractivity contribution in [2.45, 2.75) is 19.4 Å². The van der Waals surface area contributed by atoms with E-state index in [0.29, 0.717) is 24.5 Å². The van der Waals surface area contributed by atoms with Crippen molar-refractivity contribution in [3.63, 3.8) is 0 Å². The first-order valence-corrected chi connectivity index (χ1v) is 10.5. The number of nitrogens with zero attached hydrogens (tertiary/aromatic N) is 3. The van der Waals surface area contributed by atoms with E-state index in [9.17, 15) is 16.8 Å². The fraction of sp³-hybridized carbons (Fsp3) is 0.615. The Hall–Kier alpha value is -1.39. The van der Waals surface area contributed by atoms with Crippen LogP contribution in [-0.4, -0.2) is 64.3 Å². The van der Waals surface area contributed by atoms with Crippen LogP contribution in [0.3, 0.4) is 0 Å². The Morgan fingerprint density at radius 3 is 2.48 bits per heavy atom. The number of rotatable bonds is 6. The van der Waals surface area contributed by atoms with Gasteiger partial charge in [-0.2, -0.15) is 12.7 Å². The molecule has 1 aliphatic rings. The number of nitrogens with one attached hydrogen (secondary N) is 1. The summed E-state index contributed by atoms with van der Waals surface area (Å²) < 4.78 is 50.3. The van der Waals surface area contributed by atoms with Crippen LogP contribution in [0.5, 0.6) is 0 Å². The predicted molar refractivity (Wildman–Crippen MR) is 90.5 cm³/mol. The highest BCUT2D eigenvalue weighted by atomic mass is 32.2. The molecular formula is C13H22N4O4S2. The third kappa shape index (κ3) is 4.33. The maximum absolute atomic E-state index is 11.8. The molecule has 1 fully saturated rings.